The van der Waals surface area contributed by atoms with E-state index in [9.17, 15) is 0 Å². The molecule has 0 radical (unpaired) electrons. The molecular weight excluding hydrogens is 597 g/mol. The Morgan fingerprint density at radius 3 is 1.97 bits per heavy atom. The van der Waals surface area contributed by atoms with Crippen LogP contribution in [0, 0.1) is 23.8 Å². The number of rotatable bonds is 0. The molecule has 8 bridgehead atoms. The number of halogens is 2. The largest absolute Gasteiger partial charge is 2.00 e. The van der Waals surface area contributed by atoms with Crippen molar-refractivity contribution in [2.75, 3.05) is 0 Å². The molecule has 168 valence electrons. The van der Waals surface area contributed by atoms with Crippen LogP contribution in [-0.4, -0.2) is 9.97 Å². The smallest absolute Gasteiger partial charge is 0.295 e. The molecule has 0 saturated heterocycles. The average molecular weight is 620 g/mol. The van der Waals surface area contributed by atoms with Gasteiger partial charge in [-0.3, -0.25) is 18.7 Å². The molecule has 0 fully saturated rings. The van der Waals surface area contributed by atoms with E-state index in [-0.39, 0.29) is 26.6 Å². The zero-order valence-corrected chi connectivity index (χ0v) is 21.0. The third kappa shape index (κ3) is 3.85. The first kappa shape index (κ1) is 23.4. The Bertz CT molecular complexity index is 1270. The fourth-order valence-corrected chi connectivity index (χ4v) is 4.31. The van der Waals surface area contributed by atoms with Crippen LogP contribution in [0.2, 0.25) is 0 Å². The van der Waals surface area contributed by atoms with Gasteiger partial charge in [0, 0.05) is 22.7 Å². The van der Waals surface area contributed by atoms with Crippen LogP contribution in [0.15, 0.2) is 60.7 Å². The Labute approximate surface area is 207 Å². The molecule has 33 heavy (non-hydrogen) atoms. The normalized spacial score (nSPS) is 15.2. The second-order valence-corrected chi connectivity index (χ2v) is 9.26. The Morgan fingerprint density at radius 2 is 1.24 bits per heavy atom. The molecule has 0 amide bonds. The van der Waals surface area contributed by atoms with Crippen molar-refractivity contribution in [3.63, 3.8) is 0 Å². The van der Waals surface area contributed by atoms with E-state index in [1.54, 1.807) is 0 Å². The summed E-state index contributed by atoms with van der Waals surface area (Å²) in [5, 5.41) is 0. The fourth-order valence-electron chi connectivity index (χ4n) is 4.31. The molecule has 1 aliphatic heterocycles. The van der Waals surface area contributed by atoms with Gasteiger partial charge in [0.25, 0.3) is 0 Å². The molecule has 2 aromatic heterocycles. The third-order valence-corrected chi connectivity index (χ3v) is 6.38. The second kappa shape index (κ2) is 8.25. The first-order valence-electron chi connectivity index (χ1n) is 10.6. The van der Waals surface area contributed by atoms with Crippen molar-refractivity contribution in [2.45, 2.75) is 38.5 Å². The number of benzene rings is 2. The summed E-state index contributed by atoms with van der Waals surface area (Å²) in [4.78, 5) is 9.64. The molecule has 0 aliphatic carbocycles. The first-order chi connectivity index (χ1) is 15.2. The topological polar surface area (TPSA) is 25.8 Å². The number of nitrogens with zero attached hydrogens (tertiary/aromatic N) is 2. The van der Waals surface area contributed by atoms with Gasteiger partial charge >= 0.3 is 21.1 Å². The minimum atomic E-state index is -0.841. The van der Waals surface area contributed by atoms with Crippen molar-refractivity contribution >= 4 is 0 Å². The minimum absolute atomic E-state index is 0. The van der Waals surface area contributed by atoms with E-state index in [1.807, 2.05) is 82.3 Å². The second-order valence-electron chi connectivity index (χ2n) is 9.26. The molecule has 2 aromatic carbocycles. The van der Waals surface area contributed by atoms with Crippen LogP contribution < -0.4 is 0 Å². The standard InChI is InChI=1S/C28H22F2N2.Pt/c1-27(2)18-9-5-8-17(14-18)23-10-6-11-24(31-23)25-12-7-13-26(32-25)28(3,4)20-15-19(27)21(29)16-22(20)30;/h5-13,16H,1-4H3;/q-2;+2. The molecule has 5 rings (SSSR count). The van der Waals surface area contributed by atoms with E-state index < -0.39 is 22.5 Å². The van der Waals surface area contributed by atoms with Crippen LogP contribution >= 0.6 is 0 Å². The van der Waals surface area contributed by atoms with Crippen molar-refractivity contribution in [1.82, 2.24) is 9.97 Å². The van der Waals surface area contributed by atoms with E-state index in [4.69, 9.17) is 9.97 Å². The maximum absolute atomic E-state index is 15.1. The zero-order chi connectivity index (χ0) is 22.7. The molecular formula is C28H22F2N2Pt. The molecule has 4 aromatic rings. The van der Waals surface area contributed by atoms with Gasteiger partial charge in [0.15, 0.2) is 0 Å². The van der Waals surface area contributed by atoms with Crippen molar-refractivity contribution in [3.05, 3.63) is 107 Å². The summed E-state index contributed by atoms with van der Waals surface area (Å²) in [6.07, 6.45) is 0. The van der Waals surface area contributed by atoms with Gasteiger partial charge in [-0.15, -0.1) is 52.6 Å². The van der Waals surface area contributed by atoms with Crippen molar-refractivity contribution in [3.8, 4) is 22.6 Å². The predicted octanol–water partition coefficient (Wildman–Crippen LogP) is 6.65. The molecule has 0 N–H and O–H groups in total. The van der Waals surface area contributed by atoms with E-state index in [0.717, 1.165) is 28.6 Å². The van der Waals surface area contributed by atoms with Crippen LogP contribution in [0.5, 0.6) is 0 Å². The molecule has 5 heteroatoms. The molecule has 0 atom stereocenters. The van der Waals surface area contributed by atoms with E-state index in [2.05, 4.69) is 12.1 Å². The SMILES string of the molecule is CC1(C)c2[c-]c(ccc2)-c2cccc(n2)-c2cccc(n2)C(C)(C)c2[c-]c1c(F)cc2F.[Pt+2]. The molecule has 3 heterocycles. The minimum Gasteiger partial charge on any atom is -0.295 e. The molecule has 0 unspecified atom stereocenters. The summed E-state index contributed by atoms with van der Waals surface area (Å²) >= 11 is 0. The third-order valence-electron chi connectivity index (χ3n) is 6.38. The van der Waals surface area contributed by atoms with Gasteiger partial charge in [-0.2, -0.15) is 6.07 Å². The van der Waals surface area contributed by atoms with Gasteiger partial charge in [-0.25, -0.2) is 0 Å². The Balaban J connectivity index is 0.00000259. The number of hydrogen-bond donors (Lipinski definition) is 0. The summed E-state index contributed by atoms with van der Waals surface area (Å²) in [7, 11) is 0. The number of hydrogen-bond acceptors (Lipinski definition) is 2. The van der Waals surface area contributed by atoms with E-state index in [1.165, 1.54) is 0 Å². The molecule has 2 nitrogen and oxygen atoms in total. The van der Waals surface area contributed by atoms with E-state index in [0.29, 0.717) is 17.0 Å². The van der Waals surface area contributed by atoms with Crippen LogP contribution in [0.3, 0.4) is 0 Å². The summed E-state index contributed by atoms with van der Waals surface area (Å²) in [6.45, 7) is 7.57. The average Bonchev–Trinajstić information content (AvgIpc) is 2.78. The summed E-state index contributed by atoms with van der Waals surface area (Å²) in [5.41, 5.74) is 3.35. The summed E-state index contributed by atoms with van der Waals surface area (Å²) in [5.74, 6) is -1.26. The number of fused-ring (bicyclic) bond motifs is 10. The summed E-state index contributed by atoms with van der Waals surface area (Å²) in [6, 6.07) is 24.6. The Kier molecular flexibility index (Phi) is 5.86. The van der Waals surface area contributed by atoms with Gasteiger partial charge in [0.2, 0.25) is 0 Å². The number of aromatic nitrogens is 2. The van der Waals surface area contributed by atoms with Crippen molar-refractivity contribution in [2.24, 2.45) is 0 Å². The molecule has 0 saturated carbocycles. The van der Waals surface area contributed by atoms with Crippen LogP contribution in [0.1, 0.15) is 50.1 Å². The van der Waals surface area contributed by atoms with Crippen LogP contribution in [0.4, 0.5) is 8.78 Å². The monoisotopic (exact) mass is 619 g/mol. The van der Waals surface area contributed by atoms with Crippen molar-refractivity contribution in [1.29, 1.82) is 0 Å². The Morgan fingerprint density at radius 1 is 0.667 bits per heavy atom. The van der Waals surface area contributed by atoms with Gasteiger partial charge < -0.3 is 0 Å². The van der Waals surface area contributed by atoms with Gasteiger partial charge in [0.05, 0.1) is 11.4 Å². The maximum atomic E-state index is 15.1. The predicted molar refractivity (Wildman–Crippen MR) is 121 cm³/mol. The fraction of sp³-hybridized carbons (Fsp3) is 0.214. The zero-order valence-electron chi connectivity index (χ0n) is 18.7. The summed E-state index contributed by atoms with van der Waals surface area (Å²) < 4.78 is 30.2. The Hall–Kier alpha value is -2.71. The quantitative estimate of drug-likeness (QED) is 0.206. The maximum Gasteiger partial charge on any atom is 2.00 e. The van der Waals surface area contributed by atoms with Gasteiger partial charge in [0.1, 0.15) is 0 Å². The van der Waals surface area contributed by atoms with E-state index >= 15 is 8.78 Å². The van der Waals surface area contributed by atoms with Gasteiger partial charge in [-0.05, 0) is 29.3 Å². The van der Waals surface area contributed by atoms with Crippen LogP contribution in [-0.2, 0) is 31.9 Å². The van der Waals surface area contributed by atoms with Crippen LogP contribution in [0.25, 0.3) is 22.6 Å². The number of pyridine rings is 2. The van der Waals surface area contributed by atoms with Crippen molar-refractivity contribution < 1.29 is 29.8 Å². The molecule has 1 aliphatic rings. The van der Waals surface area contributed by atoms with Gasteiger partial charge in [-0.1, -0.05) is 45.9 Å². The first-order valence-corrected chi connectivity index (χ1v) is 10.6. The molecule has 0 spiro atoms.